The molecule has 4 N–H and O–H groups in total. The van der Waals surface area contributed by atoms with E-state index in [1.165, 1.54) is 16.7 Å². The average molecular weight is 548 g/mol. The summed E-state index contributed by atoms with van der Waals surface area (Å²) < 4.78 is 5.63. The van der Waals surface area contributed by atoms with Crippen LogP contribution < -0.4 is 11.1 Å². The number of thioether (sulfide) groups is 2. The number of amides is 1. The summed E-state index contributed by atoms with van der Waals surface area (Å²) in [5, 5.41) is 13.0. The van der Waals surface area contributed by atoms with Crippen molar-refractivity contribution in [1.29, 1.82) is 0 Å². The second-order valence-electron chi connectivity index (χ2n) is 9.38. The van der Waals surface area contributed by atoms with Crippen molar-refractivity contribution in [2.45, 2.75) is 95.6 Å². The number of nitrogens with one attached hydrogen (secondary N) is 1. The fourth-order valence-corrected chi connectivity index (χ4v) is 5.86. The first-order valence-electron chi connectivity index (χ1n) is 13.0. The number of nitrogens with two attached hydrogens (primary N) is 1. The molecule has 1 saturated heterocycles. The first-order valence-corrected chi connectivity index (χ1v) is 15.3. The van der Waals surface area contributed by atoms with Gasteiger partial charge >= 0.3 is 11.9 Å². The van der Waals surface area contributed by atoms with E-state index in [2.05, 4.69) is 11.6 Å². The second-order valence-corrected chi connectivity index (χ2v) is 11.8. The molecule has 1 aliphatic rings. The van der Waals surface area contributed by atoms with Gasteiger partial charge in [0.05, 0.1) is 0 Å². The average Bonchev–Trinajstić information content (AvgIpc) is 3.10. The van der Waals surface area contributed by atoms with Crippen molar-refractivity contribution in [3.8, 4) is 0 Å². The molecule has 0 spiro atoms. The van der Waals surface area contributed by atoms with E-state index in [-0.39, 0.29) is 47.5 Å². The van der Waals surface area contributed by atoms with Crippen molar-refractivity contribution in [3.05, 3.63) is 0 Å². The highest BCUT2D eigenvalue weighted by molar-refractivity contribution is 8.14. The number of nitrogens with zero attached hydrogens (tertiary/aromatic N) is 1. The number of carboxylic acid groups (broad SMARTS) is 1. The molecule has 0 saturated carbocycles. The summed E-state index contributed by atoms with van der Waals surface area (Å²) in [4.78, 5) is 49.7. The summed E-state index contributed by atoms with van der Waals surface area (Å²) in [6.07, 6.45) is 8.23. The molecular weight excluding hydrogens is 502 g/mol. The largest absolute Gasteiger partial charge is 0.480 e. The van der Waals surface area contributed by atoms with E-state index in [0.29, 0.717) is 25.9 Å². The van der Waals surface area contributed by atoms with E-state index in [4.69, 9.17) is 10.5 Å². The Kier molecular flexibility index (Phi) is 17.2. The van der Waals surface area contributed by atoms with Gasteiger partial charge in [-0.25, -0.2) is 4.79 Å². The summed E-state index contributed by atoms with van der Waals surface area (Å²) in [5.41, 5.74) is 5.80. The van der Waals surface area contributed by atoms with Crippen molar-refractivity contribution in [1.82, 2.24) is 10.2 Å². The Morgan fingerprint density at radius 3 is 2.53 bits per heavy atom. The number of rotatable bonds is 17. The molecule has 1 rings (SSSR count). The SMILES string of the molecule is CSCCC(CCCCC(=O)OC(NCCC(=O)N1CCCCCC1C(=O)O)C(C)CN)SC(C)=O. The molecule has 0 aromatic rings. The minimum atomic E-state index is -0.961. The van der Waals surface area contributed by atoms with Crippen LogP contribution in [0.25, 0.3) is 0 Å². The normalized spacial score (nSPS) is 18.7. The van der Waals surface area contributed by atoms with E-state index in [9.17, 15) is 24.3 Å². The van der Waals surface area contributed by atoms with Crippen molar-refractivity contribution in [3.63, 3.8) is 0 Å². The summed E-state index contributed by atoms with van der Waals surface area (Å²) >= 11 is 3.15. The molecule has 1 heterocycles. The molecule has 0 bridgehead atoms. The van der Waals surface area contributed by atoms with E-state index in [0.717, 1.165) is 44.3 Å². The second kappa shape index (κ2) is 18.9. The summed E-state index contributed by atoms with van der Waals surface area (Å²) in [5.74, 6) is -0.623. The highest BCUT2D eigenvalue weighted by atomic mass is 32.2. The first kappa shape index (κ1) is 32.7. The molecule has 1 aliphatic heterocycles. The van der Waals surface area contributed by atoms with E-state index in [1.54, 1.807) is 18.7 Å². The van der Waals surface area contributed by atoms with Gasteiger partial charge in [0.25, 0.3) is 0 Å². The topological polar surface area (TPSA) is 139 Å². The lowest BCUT2D eigenvalue weighted by atomic mass is 10.1. The monoisotopic (exact) mass is 547 g/mol. The van der Waals surface area contributed by atoms with Gasteiger partial charge in [-0.1, -0.05) is 37.9 Å². The highest BCUT2D eigenvalue weighted by Crippen LogP contribution is 2.23. The summed E-state index contributed by atoms with van der Waals surface area (Å²) in [7, 11) is 0. The molecule has 1 fully saturated rings. The zero-order valence-corrected chi connectivity index (χ0v) is 23.7. The van der Waals surface area contributed by atoms with Crippen LogP contribution in [0, 0.1) is 5.92 Å². The van der Waals surface area contributed by atoms with Crippen molar-refractivity contribution in [2.75, 3.05) is 31.6 Å². The van der Waals surface area contributed by atoms with Gasteiger partial charge in [0, 0.05) is 44.0 Å². The maximum absolute atomic E-state index is 12.7. The molecule has 0 aliphatic carbocycles. The Morgan fingerprint density at radius 1 is 1.14 bits per heavy atom. The molecule has 0 aromatic carbocycles. The minimum absolute atomic E-state index is 0.123. The first-order chi connectivity index (χ1) is 17.2. The van der Waals surface area contributed by atoms with Crippen LogP contribution >= 0.6 is 23.5 Å². The van der Waals surface area contributed by atoms with Crippen molar-refractivity contribution >= 4 is 46.5 Å². The highest BCUT2D eigenvalue weighted by Gasteiger charge is 2.30. The number of carboxylic acids is 1. The number of esters is 1. The Morgan fingerprint density at radius 2 is 1.89 bits per heavy atom. The van der Waals surface area contributed by atoms with Crippen LogP contribution in [0.5, 0.6) is 0 Å². The maximum atomic E-state index is 12.7. The number of aliphatic carboxylic acids is 1. The maximum Gasteiger partial charge on any atom is 0.326 e. The summed E-state index contributed by atoms with van der Waals surface area (Å²) in [6.45, 7) is 4.49. The van der Waals surface area contributed by atoms with Gasteiger partial charge < -0.3 is 20.5 Å². The third-order valence-electron chi connectivity index (χ3n) is 6.32. The van der Waals surface area contributed by atoms with Gasteiger partial charge in [-0.15, -0.1) is 0 Å². The standard InChI is InChI=1S/C25H45N3O6S2/c1-18(17-26)24(27-14-12-22(30)28-15-8-4-5-10-21(28)25(32)33)34-23(31)11-7-6-9-20(13-16-35-3)36-19(2)29/h18,20-21,24,27H,4-17,26H2,1-3H3,(H,32,33). The molecule has 11 heteroatoms. The van der Waals surface area contributed by atoms with Crippen LogP contribution in [0.3, 0.4) is 0 Å². The predicted molar refractivity (Wildman–Crippen MR) is 146 cm³/mol. The number of unbranched alkanes of at least 4 members (excludes halogenated alkanes) is 1. The van der Waals surface area contributed by atoms with Gasteiger partial charge in [0.2, 0.25) is 5.91 Å². The third kappa shape index (κ3) is 13.3. The Labute approximate surface area is 224 Å². The number of hydrogen-bond donors (Lipinski definition) is 3. The van der Waals surface area contributed by atoms with Gasteiger partial charge in [-0.3, -0.25) is 19.7 Å². The molecular formula is C25H45N3O6S2. The fraction of sp³-hybridized carbons (Fsp3) is 0.840. The number of carbonyl (C=O) groups is 4. The smallest absolute Gasteiger partial charge is 0.326 e. The van der Waals surface area contributed by atoms with Crippen LogP contribution in [-0.4, -0.2) is 82.1 Å². The van der Waals surface area contributed by atoms with Gasteiger partial charge in [0.1, 0.15) is 6.04 Å². The molecule has 36 heavy (non-hydrogen) atoms. The van der Waals surface area contributed by atoms with Crippen molar-refractivity contribution < 1.29 is 29.0 Å². The molecule has 0 radical (unpaired) electrons. The van der Waals surface area contributed by atoms with Crippen LogP contribution in [0.15, 0.2) is 0 Å². The van der Waals surface area contributed by atoms with Crippen molar-refractivity contribution in [2.24, 2.45) is 11.7 Å². The molecule has 1 amide bonds. The van der Waals surface area contributed by atoms with Crippen LogP contribution in [0.2, 0.25) is 0 Å². The third-order valence-corrected chi connectivity index (χ3v) is 8.10. The van der Waals surface area contributed by atoms with E-state index in [1.807, 2.05) is 6.92 Å². The van der Waals surface area contributed by atoms with Gasteiger partial charge in [0.15, 0.2) is 11.3 Å². The molecule has 208 valence electrons. The van der Waals surface area contributed by atoms with E-state index >= 15 is 0 Å². The fourth-order valence-electron chi connectivity index (χ4n) is 4.20. The zero-order chi connectivity index (χ0) is 26.9. The Hall–Kier alpha value is -1.30. The molecule has 4 atom stereocenters. The lowest BCUT2D eigenvalue weighted by Gasteiger charge is -2.28. The minimum Gasteiger partial charge on any atom is -0.480 e. The Bertz CT molecular complexity index is 697. The molecule has 0 aromatic heterocycles. The Balaban J connectivity index is 2.48. The molecule has 4 unspecified atom stereocenters. The predicted octanol–water partition coefficient (Wildman–Crippen LogP) is 3.25. The quantitative estimate of drug-likeness (QED) is 0.141. The van der Waals surface area contributed by atoms with Crippen LogP contribution in [-0.2, 0) is 23.9 Å². The number of carbonyl (C=O) groups excluding carboxylic acids is 3. The lowest BCUT2D eigenvalue weighted by molar-refractivity contribution is -0.154. The number of hydrogen-bond acceptors (Lipinski definition) is 9. The number of ether oxygens (including phenoxy) is 1. The van der Waals surface area contributed by atoms with Gasteiger partial charge in [-0.05, 0) is 50.7 Å². The number of likely N-dealkylation sites (tertiary alicyclic amines) is 1. The lowest BCUT2D eigenvalue weighted by Crippen LogP contribution is -2.47. The zero-order valence-electron chi connectivity index (χ0n) is 22.0. The van der Waals surface area contributed by atoms with Gasteiger partial charge in [-0.2, -0.15) is 11.8 Å². The van der Waals surface area contributed by atoms with E-state index < -0.39 is 18.2 Å². The molecule has 9 nitrogen and oxygen atoms in total. The van der Waals surface area contributed by atoms with Crippen LogP contribution in [0.1, 0.15) is 78.1 Å². The van der Waals surface area contributed by atoms with Crippen LogP contribution in [0.4, 0.5) is 0 Å². The summed E-state index contributed by atoms with van der Waals surface area (Å²) in [6, 6.07) is -0.772.